The van der Waals surface area contributed by atoms with Gasteiger partial charge >= 0.3 is 6.16 Å². The molecule has 2 aromatic carbocycles. The van der Waals surface area contributed by atoms with Gasteiger partial charge in [0.2, 0.25) is 5.43 Å². The number of carbonyl (C=O) groups is 1. The fraction of sp³-hybridized carbons (Fsp3) is 0.200. The SMILES string of the molecule is CSCCn1cc(OC(=O)O)c(=O)c2cc(Cc3cccc(Cl)c3Cl)ccc21. The molecule has 0 saturated carbocycles. The van der Waals surface area contributed by atoms with E-state index in [0.29, 0.717) is 28.4 Å². The van der Waals surface area contributed by atoms with Crippen molar-refractivity contribution in [1.82, 2.24) is 4.57 Å². The molecule has 0 spiro atoms. The second-order valence-electron chi connectivity index (χ2n) is 6.12. The largest absolute Gasteiger partial charge is 0.511 e. The molecule has 0 atom stereocenters. The first-order chi connectivity index (χ1) is 13.4. The Labute approximate surface area is 175 Å². The molecule has 0 aliphatic rings. The van der Waals surface area contributed by atoms with Gasteiger partial charge in [-0.2, -0.15) is 11.8 Å². The van der Waals surface area contributed by atoms with E-state index >= 15 is 0 Å². The highest BCUT2D eigenvalue weighted by molar-refractivity contribution is 7.98. The zero-order chi connectivity index (χ0) is 20.3. The van der Waals surface area contributed by atoms with Crippen LogP contribution in [0.15, 0.2) is 47.4 Å². The summed E-state index contributed by atoms with van der Waals surface area (Å²) in [5, 5.41) is 10.3. The highest BCUT2D eigenvalue weighted by Gasteiger charge is 2.14. The Hall–Kier alpha value is -2.15. The summed E-state index contributed by atoms with van der Waals surface area (Å²) in [6.45, 7) is 0.618. The topological polar surface area (TPSA) is 68.5 Å². The lowest BCUT2D eigenvalue weighted by atomic mass is 10.0. The third-order valence-corrected chi connectivity index (χ3v) is 5.72. The Kier molecular flexibility index (Phi) is 6.54. The number of fused-ring (bicyclic) bond motifs is 1. The molecule has 28 heavy (non-hydrogen) atoms. The summed E-state index contributed by atoms with van der Waals surface area (Å²) < 4.78 is 6.54. The molecule has 3 aromatic rings. The number of hydrogen-bond acceptors (Lipinski definition) is 4. The third-order valence-electron chi connectivity index (χ3n) is 4.27. The van der Waals surface area contributed by atoms with Crippen molar-refractivity contribution in [2.24, 2.45) is 0 Å². The van der Waals surface area contributed by atoms with Crippen molar-refractivity contribution >= 4 is 52.0 Å². The number of aromatic nitrogens is 1. The molecule has 1 N–H and O–H groups in total. The summed E-state index contributed by atoms with van der Waals surface area (Å²) in [6.07, 6.45) is 2.40. The minimum absolute atomic E-state index is 0.209. The molecule has 8 heteroatoms. The summed E-state index contributed by atoms with van der Waals surface area (Å²) in [4.78, 5) is 23.7. The van der Waals surface area contributed by atoms with Gasteiger partial charge in [-0.3, -0.25) is 4.79 Å². The molecule has 3 rings (SSSR count). The molecule has 0 unspecified atom stereocenters. The molecule has 0 radical (unpaired) electrons. The molecule has 0 fully saturated rings. The molecular weight excluding hydrogens is 421 g/mol. The maximum Gasteiger partial charge on any atom is 0.511 e. The average molecular weight is 438 g/mol. The zero-order valence-electron chi connectivity index (χ0n) is 14.9. The number of ether oxygens (including phenoxy) is 1. The minimum Gasteiger partial charge on any atom is -0.449 e. The smallest absolute Gasteiger partial charge is 0.449 e. The van der Waals surface area contributed by atoms with E-state index in [1.165, 1.54) is 6.20 Å². The predicted octanol–water partition coefficient (Wildman–Crippen LogP) is 5.32. The molecule has 0 saturated heterocycles. The number of benzene rings is 2. The van der Waals surface area contributed by atoms with Crippen LogP contribution in [0.3, 0.4) is 0 Å². The van der Waals surface area contributed by atoms with E-state index in [-0.39, 0.29) is 5.75 Å². The van der Waals surface area contributed by atoms with E-state index in [0.717, 1.165) is 22.4 Å². The average Bonchev–Trinajstić information content (AvgIpc) is 2.66. The van der Waals surface area contributed by atoms with Gasteiger partial charge in [-0.15, -0.1) is 0 Å². The van der Waals surface area contributed by atoms with Crippen molar-refractivity contribution in [3.05, 3.63) is 74.0 Å². The quantitative estimate of drug-likeness (QED) is 0.528. The lowest BCUT2D eigenvalue weighted by Gasteiger charge is -2.14. The molecule has 0 aliphatic heterocycles. The maximum atomic E-state index is 12.8. The summed E-state index contributed by atoms with van der Waals surface area (Å²) in [5.41, 5.74) is 1.96. The second-order valence-corrected chi connectivity index (χ2v) is 7.89. The van der Waals surface area contributed by atoms with Gasteiger partial charge in [0.05, 0.1) is 21.8 Å². The van der Waals surface area contributed by atoms with Crippen molar-refractivity contribution in [2.75, 3.05) is 12.0 Å². The Morgan fingerprint density at radius 1 is 1.25 bits per heavy atom. The summed E-state index contributed by atoms with van der Waals surface area (Å²) in [6, 6.07) is 10.9. The number of nitrogens with zero attached hydrogens (tertiary/aromatic N) is 1. The number of aryl methyl sites for hydroxylation is 1. The van der Waals surface area contributed by atoms with Gasteiger partial charge in [0.1, 0.15) is 0 Å². The van der Waals surface area contributed by atoms with Gasteiger partial charge in [0.15, 0.2) is 5.75 Å². The first-order valence-corrected chi connectivity index (χ1v) is 10.5. The van der Waals surface area contributed by atoms with Crippen LogP contribution in [-0.4, -0.2) is 27.8 Å². The fourth-order valence-electron chi connectivity index (χ4n) is 2.97. The number of thioether (sulfide) groups is 1. The van der Waals surface area contributed by atoms with Gasteiger partial charge in [-0.1, -0.05) is 41.4 Å². The van der Waals surface area contributed by atoms with Gasteiger partial charge in [-0.25, -0.2) is 4.79 Å². The maximum absolute atomic E-state index is 12.8. The van der Waals surface area contributed by atoms with Crippen molar-refractivity contribution in [3.63, 3.8) is 0 Å². The zero-order valence-corrected chi connectivity index (χ0v) is 17.3. The molecule has 0 aliphatic carbocycles. The van der Waals surface area contributed by atoms with Crippen molar-refractivity contribution < 1.29 is 14.6 Å². The van der Waals surface area contributed by atoms with Gasteiger partial charge in [0.25, 0.3) is 0 Å². The number of rotatable bonds is 6. The second kappa shape index (κ2) is 8.90. The van der Waals surface area contributed by atoms with Crippen molar-refractivity contribution in [3.8, 4) is 5.75 Å². The van der Waals surface area contributed by atoms with E-state index in [9.17, 15) is 9.59 Å². The van der Waals surface area contributed by atoms with Crippen molar-refractivity contribution in [1.29, 1.82) is 0 Å². The van der Waals surface area contributed by atoms with E-state index in [1.54, 1.807) is 23.9 Å². The first-order valence-electron chi connectivity index (χ1n) is 8.39. The molecule has 5 nitrogen and oxygen atoms in total. The van der Waals surface area contributed by atoms with Crippen LogP contribution in [0.4, 0.5) is 4.79 Å². The van der Waals surface area contributed by atoms with E-state index < -0.39 is 11.6 Å². The Morgan fingerprint density at radius 3 is 2.75 bits per heavy atom. The molecule has 0 bridgehead atoms. The monoisotopic (exact) mass is 437 g/mol. The standard InChI is InChI=1S/C20H17Cl2NO4S/c1-28-8-7-23-11-17(27-20(25)26)19(24)14-10-12(5-6-16(14)23)9-13-3-2-4-15(21)18(13)22/h2-6,10-11H,7-9H2,1H3,(H,25,26). The Balaban J connectivity index is 2.10. The number of hydrogen-bond donors (Lipinski definition) is 1. The highest BCUT2D eigenvalue weighted by atomic mass is 35.5. The molecule has 1 aromatic heterocycles. The highest BCUT2D eigenvalue weighted by Crippen LogP contribution is 2.28. The number of halogens is 2. The van der Waals surface area contributed by atoms with Gasteiger partial charge in [-0.05, 0) is 42.0 Å². The number of carboxylic acid groups (broad SMARTS) is 1. The predicted molar refractivity (Wildman–Crippen MR) is 115 cm³/mol. The number of pyridine rings is 1. The molecular formula is C20H17Cl2NO4S. The van der Waals surface area contributed by atoms with E-state index in [2.05, 4.69) is 0 Å². The lowest BCUT2D eigenvalue weighted by Crippen LogP contribution is -2.17. The van der Waals surface area contributed by atoms with Crippen LogP contribution in [0.5, 0.6) is 5.75 Å². The van der Waals surface area contributed by atoms with E-state index in [4.69, 9.17) is 33.0 Å². The van der Waals surface area contributed by atoms with Crippen molar-refractivity contribution in [2.45, 2.75) is 13.0 Å². The molecule has 1 heterocycles. The van der Waals surface area contributed by atoms with Crippen LogP contribution in [0.1, 0.15) is 11.1 Å². The molecule has 0 amide bonds. The van der Waals surface area contributed by atoms with Gasteiger partial charge in [0, 0.05) is 17.7 Å². The first kappa shape index (κ1) is 20.6. The Bertz CT molecular complexity index is 1100. The minimum atomic E-state index is -1.52. The summed E-state index contributed by atoms with van der Waals surface area (Å²) >= 11 is 14.0. The fourth-order valence-corrected chi connectivity index (χ4v) is 3.74. The van der Waals surface area contributed by atoms with Crippen LogP contribution in [-0.2, 0) is 13.0 Å². The van der Waals surface area contributed by atoms with Crippen LogP contribution in [0.2, 0.25) is 10.0 Å². The molecule has 146 valence electrons. The van der Waals surface area contributed by atoms with E-state index in [1.807, 2.05) is 35.1 Å². The summed E-state index contributed by atoms with van der Waals surface area (Å²) in [7, 11) is 0. The van der Waals surface area contributed by atoms with Gasteiger partial charge < -0.3 is 14.4 Å². The summed E-state index contributed by atoms with van der Waals surface area (Å²) in [5.74, 6) is 0.601. The van der Waals surface area contributed by atoms with Crippen LogP contribution in [0.25, 0.3) is 10.9 Å². The normalized spacial score (nSPS) is 11.0. The van der Waals surface area contributed by atoms with Crippen LogP contribution in [0, 0.1) is 0 Å². The third kappa shape index (κ3) is 4.46. The van der Waals surface area contributed by atoms with Crippen LogP contribution >= 0.6 is 35.0 Å². The lowest BCUT2D eigenvalue weighted by molar-refractivity contribution is 0.144. The Morgan fingerprint density at radius 2 is 2.04 bits per heavy atom. The van der Waals surface area contributed by atoms with Crippen LogP contribution < -0.4 is 10.2 Å².